The van der Waals surface area contributed by atoms with Gasteiger partial charge in [0.2, 0.25) is 0 Å². The number of furan rings is 1. The molecule has 0 aliphatic heterocycles. The second-order valence-corrected chi connectivity index (χ2v) is 5.34. The monoisotopic (exact) mass is 308 g/mol. The number of hydrogen-bond acceptors (Lipinski definition) is 2. The van der Waals surface area contributed by atoms with Crippen LogP contribution in [0.25, 0.3) is 0 Å². The largest absolute Gasteiger partial charge is 0.465 e. The Morgan fingerprint density at radius 2 is 1.90 bits per heavy atom. The number of benzene rings is 1. The minimum absolute atomic E-state index is 0.598. The fourth-order valence-electron chi connectivity index (χ4n) is 1.78. The van der Waals surface area contributed by atoms with E-state index >= 15 is 0 Å². The van der Waals surface area contributed by atoms with Crippen molar-refractivity contribution in [3.63, 3.8) is 0 Å². The van der Waals surface area contributed by atoms with Crippen LogP contribution in [0.3, 0.4) is 0 Å². The topological polar surface area (TPSA) is 37.2 Å². The molecule has 20 heavy (non-hydrogen) atoms. The fourth-order valence-corrected chi connectivity index (χ4v) is 2.08. The van der Waals surface area contributed by atoms with E-state index in [-0.39, 0.29) is 0 Å². The molecule has 0 saturated heterocycles. The lowest BCUT2D eigenvalue weighted by Crippen LogP contribution is -2.35. The van der Waals surface area contributed by atoms with Crippen molar-refractivity contribution in [1.29, 1.82) is 0 Å². The third kappa shape index (κ3) is 4.87. The molecule has 2 aromatic rings. The van der Waals surface area contributed by atoms with Gasteiger partial charge in [-0.2, -0.15) is 0 Å². The molecule has 1 heterocycles. The molecule has 3 nitrogen and oxygen atoms in total. The summed E-state index contributed by atoms with van der Waals surface area (Å²) in [5.74, 6) is 1.78. The van der Waals surface area contributed by atoms with E-state index in [9.17, 15) is 0 Å². The molecule has 0 aliphatic rings. The highest BCUT2D eigenvalue weighted by molar-refractivity contribution is 7.80. The highest BCUT2D eigenvalue weighted by Crippen LogP contribution is 2.09. The van der Waals surface area contributed by atoms with E-state index in [0.29, 0.717) is 11.7 Å². The van der Waals surface area contributed by atoms with Crippen LogP contribution in [-0.4, -0.2) is 11.7 Å². The van der Waals surface area contributed by atoms with E-state index in [1.54, 1.807) is 0 Å². The predicted molar refractivity (Wildman–Crippen MR) is 86.0 cm³/mol. The summed E-state index contributed by atoms with van der Waals surface area (Å²) in [7, 11) is 0. The molecule has 5 heteroatoms. The highest BCUT2D eigenvalue weighted by Gasteiger charge is 2.00. The summed E-state index contributed by atoms with van der Waals surface area (Å²) in [6, 6.07) is 11.7. The standard InChI is InChI=1S/C15H17ClN2OS/c1-11-2-7-14(19-11)10-18-15(20)17-9-8-12-3-5-13(16)6-4-12/h2-7H,8-10H2,1H3,(H2,17,18,20). The Balaban J connectivity index is 1.66. The molecule has 106 valence electrons. The molecule has 0 radical (unpaired) electrons. The zero-order chi connectivity index (χ0) is 14.4. The van der Waals surface area contributed by atoms with Gasteiger partial charge in [0.1, 0.15) is 11.5 Å². The molecule has 2 N–H and O–H groups in total. The van der Waals surface area contributed by atoms with E-state index in [0.717, 1.165) is 29.5 Å². The Labute approximate surface area is 129 Å². The van der Waals surface area contributed by atoms with Crippen LogP contribution in [0.2, 0.25) is 5.02 Å². The van der Waals surface area contributed by atoms with Crippen molar-refractivity contribution >= 4 is 28.9 Å². The van der Waals surface area contributed by atoms with E-state index in [2.05, 4.69) is 10.6 Å². The van der Waals surface area contributed by atoms with Crippen molar-refractivity contribution in [2.45, 2.75) is 19.9 Å². The van der Waals surface area contributed by atoms with Crippen LogP contribution in [-0.2, 0) is 13.0 Å². The summed E-state index contributed by atoms with van der Waals surface area (Å²) in [6.45, 7) is 3.30. The summed E-state index contributed by atoms with van der Waals surface area (Å²) in [5.41, 5.74) is 1.23. The number of hydrogen-bond donors (Lipinski definition) is 2. The minimum Gasteiger partial charge on any atom is -0.465 e. The Hall–Kier alpha value is -1.52. The maximum Gasteiger partial charge on any atom is 0.166 e. The average Bonchev–Trinajstić information content (AvgIpc) is 2.85. The molecule has 0 fully saturated rings. The molecule has 0 spiro atoms. The zero-order valence-electron chi connectivity index (χ0n) is 11.3. The van der Waals surface area contributed by atoms with Crippen LogP contribution in [0.15, 0.2) is 40.8 Å². The second kappa shape index (κ2) is 7.31. The van der Waals surface area contributed by atoms with Gasteiger partial charge in [0, 0.05) is 11.6 Å². The number of aryl methyl sites for hydroxylation is 1. The van der Waals surface area contributed by atoms with Gasteiger partial charge in [0.25, 0.3) is 0 Å². The molecular formula is C15H17ClN2OS. The van der Waals surface area contributed by atoms with Gasteiger partial charge in [-0.3, -0.25) is 0 Å². The van der Waals surface area contributed by atoms with Crippen LogP contribution in [0.4, 0.5) is 0 Å². The lowest BCUT2D eigenvalue weighted by Gasteiger charge is -2.09. The third-order valence-electron chi connectivity index (χ3n) is 2.83. The lowest BCUT2D eigenvalue weighted by atomic mass is 10.1. The van der Waals surface area contributed by atoms with Gasteiger partial charge < -0.3 is 15.1 Å². The van der Waals surface area contributed by atoms with Crippen LogP contribution < -0.4 is 10.6 Å². The Kier molecular flexibility index (Phi) is 5.44. The van der Waals surface area contributed by atoms with Gasteiger partial charge in [0.15, 0.2) is 5.11 Å². The van der Waals surface area contributed by atoms with E-state index in [1.807, 2.05) is 43.3 Å². The maximum absolute atomic E-state index is 5.84. The van der Waals surface area contributed by atoms with E-state index in [4.69, 9.17) is 28.2 Å². The third-order valence-corrected chi connectivity index (χ3v) is 3.37. The first-order valence-electron chi connectivity index (χ1n) is 6.45. The number of rotatable bonds is 5. The van der Waals surface area contributed by atoms with Gasteiger partial charge >= 0.3 is 0 Å². The second-order valence-electron chi connectivity index (χ2n) is 4.50. The maximum atomic E-state index is 5.84. The molecule has 0 unspecified atom stereocenters. The first-order valence-corrected chi connectivity index (χ1v) is 7.23. The normalized spacial score (nSPS) is 10.3. The molecule has 0 atom stereocenters. The van der Waals surface area contributed by atoms with Crippen molar-refractivity contribution in [1.82, 2.24) is 10.6 Å². The Bertz CT molecular complexity index is 566. The van der Waals surface area contributed by atoms with Gasteiger partial charge in [-0.05, 0) is 55.4 Å². The zero-order valence-corrected chi connectivity index (χ0v) is 12.9. The van der Waals surface area contributed by atoms with Crippen molar-refractivity contribution in [2.75, 3.05) is 6.54 Å². The predicted octanol–water partition coefficient (Wildman–Crippen LogP) is 3.45. The molecule has 1 aromatic heterocycles. The molecule has 0 amide bonds. The summed E-state index contributed by atoms with van der Waals surface area (Å²) < 4.78 is 5.46. The van der Waals surface area contributed by atoms with Crippen LogP contribution in [0.5, 0.6) is 0 Å². The first kappa shape index (κ1) is 14.9. The number of nitrogens with one attached hydrogen (secondary N) is 2. The molecule has 1 aromatic carbocycles. The van der Waals surface area contributed by atoms with Gasteiger partial charge in [-0.15, -0.1) is 0 Å². The van der Waals surface area contributed by atoms with Gasteiger partial charge in [-0.25, -0.2) is 0 Å². The first-order chi connectivity index (χ1) is 9.63. The fraction of sp³-hybridized carbons (Fsp3) is 0.267. The van der Waals surface area contributed by atoms with Crippen molar-refractivity contribution in [3.8, 4) is 0 Å². The SMILES string of the molecule is Cc1ccc(CNC(=S)NCCc2ccc(Cl)cc2)o1. The Morgan fingerprint density at radius 3 is 2.55 bits per heavy atom. The highest BCUT2D eigenvalue weighted by atomic mass is 35.5. The van der Waals surface area contributed by atoms with Crippen LogP contribution >= 0.6 is 23.8 Å². The number of halogens is 1. The van der Waals surface area contributed by atoms with Crippen molar-refractivity contribution in [2.24, 2.45) is 0 Å². The summed E-state index contributed by atoms with van der Waals surface area (Å²) >= 11 is 11.1. The summed E-state index contributed by atoms with van der Waals surface area (Å²) in [5, 5.41) is 7.67. The Morgan fingerprint density at radius 1 is 1.15 bits per heavy atom. The van der Waals surface area contributed by atoms with Crippen LogP contribution in [0, 0.1) is 6.92 Å². The minimum atomic E-state index is 0.598. The van der Waals surface area contributed by atoms with E-state index < -0.39 is 0 Å². The molecule has 2 rings (SSSR count). The van der Waals surface area contributed by atoms with Crippen molar-refractivity contribution in [3.05, 3.63) is 58.5 Å². The smallest absolute Gasteiger partial charge is 0.166 e. The molecule has 0 aliphatic carbocycles. The van der Waals surface area contributed by atoms with Gasteiger partial charge in [-0.1, -0.05) is 23.7 Å². The van der Waals surface area contributed by atoms with Crippen LogP contribution in [0.1, 0.15) is 17.1 Å². The lowest BCUT2D eigenvalue weighted by molar-refractivity contribution is 0.477. The number of thiocarbonyl (C=S) groups is 1. The summed E-state index contributed by atoms with van der Waals surface area (Å²) in [4.78, 5) is 0. The van der Waals surface area contributed by atoms with E-state index in [1.165, 1.54) is 5.56 Å². The summed E-state index contributed by atoms with van der Waals surface area (Å²) in [6.07, 6.45) is 0.902. The van der Waals surface area contributed by atoms with Gasteiger partial charge in [0.05, 0.1) is 6.54 Å². The average molecular weight is 309 g/mol. The quantitative estimate of drug-likeness (QED) is 0.830. The molecule has 0 saturated carbocycles. The molecule has 0 bridgehead atoms. The molecular weight excluding hydrogens is 292 g/mol. The van der Waals surface area contributed by atoms with Crippen molar-refractivity contribution < 1.29 is 4.42 Å².